The fourth-order valence-electron chi connectivity index (χ4n) is 4.86. The Hall–Kier alpha value is -2.61. The summed E-state index contributed by atoms with van der Waals surface area (Å²) in [7, 11) is 0. The van der Waals surface area contributed by atoms with Crippen LogP contribution in [0.15, 0.2) is 95.2 Å². The molecule has 2 nitrogen and oxygen atoms in total. The Morgan fingerprint density at radius 3 is 2.17 bits per heavy atom. The van der Waals surface area contributed by atoms with E-state index in [4.69, 9.17) is 4.74 Å². The Labute approximate surface area is 247 Å². The van der Waals surface area contributed by atoms with Crippen LogP contribution >= 0.6 is 0 Å². The average Bonchev–Trinajstić information content (AvgIpc) is 2.90. The van der Waals surface area contributed by atoms with Crippen molar-refractivity contribution in [1.29, 1.82) is 0 Å². The molecule has 0 unspecified atom stereocenters. The van der Waals surface area contributed by atoms with Gasteiger partial charge in [0.1, 0.15) is 6.61 Å². The molecule has 2 heteroatoms. The summed E-state index contributed by atoms with van der Waals surface area (Å²) >= 11 is 0. The first-order valence-electron chi connectivity index (χ1n) is 15.8. The second-order valence-electron chi connectivity index (χ2n) is 11.8. The van der Waals surface area contributed by atoms with Crippen LogP contribution in [0.1, 0.15) is 125 Å². The van der Waals surface area contributed by atoms with Crippen molar-refractivity contribution in [1.82, 2.24) is 0 Å². The van der Waals surface area contributed by atoms with Gasteiger partial charge >= 0.3 is 5.97 Å². The van der Waals surface area contributed by atoms with Gasteiger partial charge in [0, 0.05) is 6.42 Å². The Kier molecular flexibility index (Phi) is 19.6. The summed E-state index contributed by atoms with van der Waals surface area (Å²) in [4.78, 5) is 12.0. The number of esters is 1. The molecule has 40 heavy (non-hydrogen) atoms. The van der Waals surface area contributed by atoms with E-state index in [9.17, 15) is 4.79 Å². The molecule has 0 aromatic rings. The lowest BCUT2D eigenvalue weighted by Gasteiger charge is -2.32. The SMILES string of the molecule is CCCCC/C=C/C/C=C/C/C=C/CCCCC(=O)OC/C=C(C)/C=C/C=C(C)/C=C/C1=C(C)CCCC1(C)C. The van der Waals surface area contributed by atoms with E-state index in [0.717, 1.165) is 37.7 Å². The number of allylic oxidation sites excluding steroid dienone is 15. The molecule has 0 spiro atoms. The van der Waals surface area contributed by atoms with Crippen molar-refractivity contribution < 1.29 is 9.53 Å². The van der Waals surface area contributed by atoms with Gasteiger partial charge in [-0.15, -0.1) is 0 Å². The fraction of sp³-hybridized carbons (Fsp3) is 0.553. The topological polar surface area (TPSA) is 26.3 Å². The van der Waals surface area contributed by atoms with E-state index in [-0.39, 0.29) is 11.4 Å². The predicted molar refractivity (Wildman–Crippen MR) is 176 cm³/mol. The molecule has 1 aliphatic rings. The van der Waals surface area contributed by atoms with E-state index in [1.54, 1.807) is 0 Å². The summed E-state index contributed by atoms with van der Waals surface area (Å²) < 4.78 is 5.38. The van der Waals surface area contributed by atoms with E-state index >= 15 is 0 Å². The molecule has 0 aromatic carbocycles. The molecule has 1 rings (SSSR count). The molecule has 222 valence electrons. The zero-order valence-electron chi connectivity index (χ0n) is 26.6. The largest absolute Gasteiger partial charge is 0.461 e. The molecule has 0 amide bonds. The van der Waals surface area contributed by atoms with Crippen molar-refractivity contribution in [2.45, 2.75) is 125 Å². The summed E-state index contributed by atoms with van der Waals surface area (Å²) in [5.41, 5.74) is 5.60. The third kappa shape index (κ3) is 17.9. The molecule has 0 aliphatic heterocycles. The van der Waals surface area contributed by atoms with Crippen LogP contribution < -0.4 is 0 Å². The Morgan fingerprint density at radius 1 is 0.875 bits per heavy atom. The summed E-state index contributed by atoms with van der Waals surface area (Å²) in [6.07, 6.45) is 40.5. The van der Waals surface area contributed by atoms with Crippen LogP contribution in [-0.4, -0.2) is 12.6 Å². The van der Waals surface area contributed by atoms with E-state index in [0.29, 0.717) is 13.0 Å². The van der Waals surface area contributed by atoms with Crippen molar-refractivity contribution in [3.63, 3.8) is 0 Å². The van der Waals surface area contributed by atoms with Crippen LogP contribution in [0.2, 0.25) is 0 Å². The first kappa shape index (κ1) is 35.4. The van der Waals surface area contributed by atoms with Gasteiger partial charge in [-0.1, -0.05) is 117 Å². The zero-order valence-corrected chi connectivity index (χ0v) is 26.6. The second-order valence-corrected chi connectivity index (χ2v) is 11.8. The zero-order chi connectivity index (χ0) is 29.5. The number of hydrogen-bond acceptors (Lipinski definition) is 2. The lowest BCUT2D eigenvalue weighted by atomic mass is 9.72. The van der Waals surface area contributed by atoms with Gasteiger partial charge in [-0.05, 0) is 102 Å². The van der Waals surface area contributed by atoms with Gasteiger partial charge < -0.3 is 4.74 Å². The van der Waals surface area contributed by atoms with Crippen molar-refractivity contribution in [3.05, 3.63) is 95.2 Å². The van der Waals surface area contributed by atoms with Gasteiger partial charge in [0.2, 0.25) is 0 Å². The molecule has 0 atom stereocenters. The molecule has 0 aromatic heterocycles. The van der Waals surface area contributed by atoms with Crippen molar-refractivity contribution in [2.24, 2.45) is 5.41 Å². The number of carbonyl (C=O) groups is 1. The van der Waals surface area contributed by atoms with Gasteiger partial charge in [-0.25, -0.2) is 0 Å². The highest BCUT2D eigenvalue weighted by molar-refractivity contribution is 5.69. The maximum atomic E-state index is 12.0. The summed E-state index contributed by atoms with van der Waals surface area (Å²) in [5, 5.41) is 0. The maximum absolute atomic E-state index is 12.0. The molecule has 0 saturated carbocycles. The lowest BCUT2D eigenvalue weighted by molar-refractivity contribution is -0.142. The molecule has 0 heterocycles. The van der Waals surface area contributed by atoms with E-state index in [1.165, 1.54) is 61.7 Å². The van der Waals surface area contributed by atoms with Gasteiger partial charge in [-0.2, -0.15) is 0 Å². The number of unbranched alkanes of at least 4 members (excludes halogenated alkanes) is 5. The number of carbonyl (C=O) groups excluding carboxylic acids is 1. The van der Waals surface area contributed by atoms with E-state index in [2.05, 4.69) is 101 Å². The van der Waals surface area contributed by atoms with Crippen LogP contribution in [-0.2, 0) is 9.53 Å². The monoisotopic (exact) mass is 546 g/mol. The number of hydrogen-bond donors (Lipinski definition) is 0. The predicted octanol–water partition coefficient (Wildman–Crippen LogP) is 11.7. The standard InChI is InChI=1S/C38H58O2/c1-7-8-9-10-11-12-13-14-15-16-17-18-19-20-21-27-37(39)40-32-30-34(3)25-22-24-33(2)28-29-36-35(4)26-23-31-38(36,5)6/h11-12,14-15,17-18,22,24-25,28-30H,7-10,13,16,19-21,23,26-27,31-32H2,1-6H3/b12-11+,15-14+,18-17+,25-22+,29-28+,33-24+,34-30+. The van der Waals surface area contributed by atoms with Gasteiger partial charge in [0.25, 0.3) is 0 Å². The summed E-state index contributed by atoms with van der Waals surface area (Å²) in [6, 6.07) is 0. The van der Waals surface area contributed by atoms with Crippen LogP contribution in [0, 0.1) is 5.41 Å². The molecule has 0 N–H and O–H groups in total. The summed E-state index contributed by atoms with van der Waals surface area (Å²) in [6.45, 7) is 13.7. The van der Waals surface area contributed by atoms with Crippen LogP contribution in [0.3, 0.4) is 0 Å². The number of rotatable bonds is 19. The molecular weight excluding hydrogens is 488 g/mol. The molecular formula is C38H58O2. The molecule has 1 aliphatic carbocycles. The van der Waals surface area contributed by atoms with E-state index < -0.39 is 0 Å². The van der Waals surface area contributed by atoms with Gasteiger partial charge in [0.15, 0.2) is 0 Å². The van der Waals surface area contributed by atoms with Crippen LogP contribution in [0.25, 0.3) is 0 Å². The van der Waals surface area contributed by atoms with E-state index in [1.807, 2.05) is 13.0 Å². The lowest BCUT2D eigenvalue weighted by Crippen LogP contribution is -2.19. The molecule has 0 saturated heterocycles. The van der Waals surface area contributed by atoms with Crippen LogP contribution in [0.4, 0.5) is 0 Å². The maximum Gasteiger partial charge on any atom is 0.306 e. The highest BCUT2D eigenvalue weighted by atomic mass is 16.5. The van der Waals surface area contributed by atoms with Gasteiger partial charge in [0.05, 0.1) is 0 Å². The first-order chi connectivity index (χ1) is 19.3. The second kappa shape index (κ2) is 22.1. The Bertz CT molecular complexity index is 959. The third-order valence-electron chi connectivity index (χ3n) is 7.44. The Morgan fingerprint density at radius 2 is 1.52 bits per heavy atom. The van der Waals surface area contributed by atoms with Gasteiger partial charge in [-0.3, -0.25) is 4.79 Å². The van der Waals surface area contributed by atoms with Crippen molar-refractivity contribution >= 4 is 5.97 Å². The quantitative estimate of drug-likeness (QED) is 0.0697. The highest BCUT2D eigenvalue weighted by Gasteiger charge is 2.26. The molecule has 0 fully saturated rings. The van der Waals surface area contributed by atoms with Crippen molar-refractivity contribution in [3.8, 4) is 0 Å². The fourth-order valence-corrected chi connectivity index (χ4v) is 4.86. The minimum Gasteiger partial charge on any atom is -0.461 e. The smallest absolute Gasteiger partial charge is 0.306 e. The molecule has 0 radical (unpaired) electrons. The first-order valence-corrected chi connectivity index (χ1v) is 15.8. The van der Waals surface area contributed by atoms with Crippen LogP contribution in [0.5, 0.6) is 0 Å². The van der Waals surface area contributed by atoms with Crippen molar-refractivity contribution in [2.75, 3.05) is 6.61 Å². The third-order valence-corrected chi connectivity index (χ3v) is 7.44. The normalized spacial score (nSPS) is 17.1. The molecule has 0 bridgehead atoms. The minimum atomic E-state index is -0.112. The highest BCUT2D eigenvalue weighted by Crippen LogP contribution is 2.40. The summed E-state index contributed by atoms with van der Waals surface area (Å²) in [5.74, 6) is -0.112. The minimum absolute atomic E-state index is 0.112. The number of ether oxygens (including phenoxy) is 1. The Balaban J connectivity index is 2.18. The average molecular weight is 547 g/mol.